The fraction of sp³-hybridized carbons (Fsp3) is 0.533. The van der Waals surface area contributed by atoms with Crippen molar-refractivity contribution in [3.8, 4) is 11.5 Å². The van der Waals surface area contributed by atoms with E-state index >= 15 is 0 Å². The van der Waals surface area contributed by atoms with E-state index in [9.17, 15) is 4.79 Å². The van der Waals surface area contributed by atoms with Gasteiger partial charge in [0.15, 0.2) is 11.5 Å². The zero-order valence-electron chi connectivity index (χ0n) is 12.1. The molecule has 5 nitrogen and oxygen atoms in total. The molecule has 1 amide bonds. The molecule has 1 aliphatic carbocycles. The fourth-order valence-electron chi connectivity index (χ4n) is 2.58. The average Bonchev–Trinajstić information content (AvgIpc) is 2.92. The Kier molecular flexibility index (Phi) is 4.49. The van der Waals surface area contributed by atoms with Crippen LogP contribution in [0.3, 0.4) is 0 Å². The van der Waals surface area contributed by atoms with Gasteiger partial charge in [0.1, 0.15) is 0 Å². The van der Waals surface area contributed by atoms with Crippen molar-refractivity contribution in [2.24, 2.45) is 5.73 Å². The number of amides is 1. The third-order valence-corrected chi connectivity index (χ3v) is 3.85. The molecule has 1 aromatic rings. The topological polar surface area (TPSA) is 73.6 Å². The molecule has 0 saturated heterocycles. The minimum absolute atomic E-state index is 0.0650. The van der Waals surface area contributed by atoms with Gasteiger partial charge in [0.25, 0.3) is 0 Å². The monoisotopic (exact) mass is 278 g/mol. The van der Waals surface area contributed by atoms with Gasteiger partial charge in [-0.1, -0.05) is 18.9 Å². The van der Waals surface area contributed by atoms with Crippen LogP contribution in [-0.2, 0) is 11.3 Å². The second-order valence-electron chi connectivity index (χ2n) is 5.24. The Morgan fingerprint density at radius 2 is 1.90 bits per heavy atom. The number of nitrogens with one attached hydrogen (secondary N) is 1. The fourth-order valence-corrected chi connectivity index (χ4v) is 2.58. The summed E-state index contributed by atoms with van der Waals surface area (Å²) in [5, 5.41) is 2.91. The van der Waals surface area contributed by atoms with Gasteiger partial charge in [0.2, 0.25) is 5.91 Å². The second-order valence-corrected chi connectivity index (χ2v) is 5.24. The van der Waals surface area contributed by atoms with Crippen LogP contribution < -0.4 is 20.5 Å². The van der Waals surface area contributed by atoms with Gasteiger partial charge in [-0.2, -0.15) is 0 Å². The number of ether oxygens (including phenoxy) is 2. The highest BCUT2D eigenvalue weighted by Crippen LogP contribution is 2.29. The molecule has 5 heteroatoms. The highest BCUT2D eigenvalue weighted by atomic mass is 16.5. The van der Waals surface area contributed by atoms with Gasteiger partial charge in [-0.05, 0) is 30.5 Å². The first-order valence-corrected chi connectivity index (χ1v) is 6.87. The quantitative estimate of drug-likeness (QED) is 0.858. The normalized spacial score (nSPS) is 16.8. The van der Waals surface area contributed by atoms with Crippen LogP contribution >= 0.6 is 0 Å². The largest absolute Gasteiger partial charge is 0.493 e. The first-order valence-electron chi connectivity index (χ1n) is 6.87. The summed E-state index contributed by atoms with van der Waals surface area (Å²) in [6, 6.07) is 5.59. The molecule has 1 fully saturated rings. The number of hydrogen-bond donors (Lipinski definition) is 2. The Labute approximate surface area is 119 Å². The van der Waals surface area contributed by atoms with E-state index in [-0.39, 0.29) is 5.91 Å². The van der Waals surface area contributed by atoms with Gasteiger partial charge in [0.05, 0.1) is 19.8 Å². The summed E-state index contributed by atoms with van der Waals surface area (Å²) in [6.07, 6.45) is 3.59. The molecule has 20 heavy (non-hydrogen) atoms. The number of nitrogens with two attached hydrogens (primary N) is 1. The molecule has 0 radical (unpaired) electrons. The Morgan fingerprint density at radius 3 is 2.50 bits per heavy atom. The number of rotatable bonds is 5. The lowest BCUT2D eigenvalue weighted by Crippen LogP contribution is -2.51. The molecule has 3 N–H and O–H groups in total. The van der Waals surface area contributed by atoms with Crippen LogP contribution in [0.15, 0.2) is 18.2 Å². The van der Waals surface area contributed by atoms with Crippen molar-refractivity contribution in [2.45, 2.75) is 37.8 Å². The number of benzene rings is 1. The highest BCUT2D eigenvalue weighted by molar-refractivity contribution is 5.86. The van der Waals surface area contributed by atoms with Crippen molar-refractivity contribution < 1.29 is 14.3 Å². The molecule has 0 atom stereocenters. The van der Waals surface area contributed by atoms with E-state index < -0.39 is 5.54 Å². The summed E-state index contributed by atoms with van der Waals surface area (Å²) in [5.74, 6) is 1.26. The van der Waals surface area contributed by atoms with Crippen LogP contribution in [-0.4, -0.2) is 25.7 Å². The first kappa shape index (κ1) is 14.7. The van der Waals surface area contributed by atoms with Crippen molar-refractivity contribution in [1.82, 2.24) is 5.32 Å². The van der Waals surface area contributed by atoms with Crippen LogP contribution in [0.1, 0.15) is 31.2 Å². The summed E-state index contributed by atoms with van der Waals surface area (Å²) in [6.45, 7) is 0.443. The third-order valence-electron chi connectivity index (χ3n) is 3.85. The third kappa shape index (κ3) is 3.04. The Morgan fingerprint density at radius 1 is 1.25 bits per heavy atom. The van der Waals surface area contributed by atoms with E-state index in [1.807, 2.05) is 18.2 Å². The number of carbonyl (C=O) groups is 1. The predicted octanol–water partition coefficient (Wildman–Crippen LogP) is 1.59. The molecule has 0 unspecified atom stereocenters. The van der Waals surface area contributed by atoms with Gasteiger partial charge >= 0.3 is 0 Å². The van der Waals surface area contributed by atoms with Gasteiger partial charge < -0.3 is 20.5 Å². The molecular weight excluding hydrogens is 256 g/mol. The lowest BCUT2D eigenvalue weighted by Gasteiger charge is -2.22. The summed E-state index contributed by atoms with van der Waals surface area (Å²) in [4.78, 5) is 12.1. The SMILES string of the molecule is COc1ccc(CNC(=O)C2(N)CCCC2)cc1OC. The van der Waals surface area contributed by atoms with Crippen molar-refractivity contribution in [3.63, 3.8) is 0 Å². The molecule has 110 valence electrons. The molecule has 1 aliphatic rings. The van der Waals surface area contributed by atoms with Crippen molar-refractivity contribution in [1.29, 1.82) is 0 Å². The van der Waals surface area contributed by atoms with Crippen molar-refractivity contribution in [2.75, 3.05) is 14.2 Å². The van der Waals surface area contributed by atoms with E-state index in [1.165, 1.54) is 0 Å². The smallest absolute Gasteiger partial charge is 0.240 e. The van der Waals surface area contributed by atoms with Gasteiger partial charge in [-0.3, -0.25) is 4.79 Å². The number of methoxy groups -OCH3 is 2. The minimum atomic E-state index is -0.684. The van der Waals surface area contributed by atoms with Gasteiger partial charge in [0, 0.05) is 6.54 Å². The molecule has 1 saturated carbocycles. The number of carbonyl (C=O) groups excluding carboxylic acids is 1. The highest BCUT2D eigenvalue weighted by Gasteiger charge is 2.36. The lowest BCUT2D eigenvalue weighted by atomic mass is 9.98. The molecule has 0 aliphatic heterocycles. The van der Waals surface area contributed by atoms with E-state index in [1.54, 1.807) is 14.2 Å². The van der Waals surface area contributed by atoms with E-state index in [0.717, 1.165) is 31.2 Å². The van der Waals surface area contributed by atoms with Crippen LogP contribution in [0.4, 0.5) is 0 Å². The summed E-state index contributed by atoms with van der Waals surface area (Å²) in [7, 11) is 3.19. The maximum Gasteiger partial charge on any atom is 0.240 e. The molecule has 0 aromatic heterocycles. The molecule has 2 rings (SSSR count). The van der Waals surface area contributed by atoms with E-state index in [0.29, 0.717) is 18.0 Å². The maximum absolute atomic E-state index is 12.1. The van der Waals surface area contributed by atoms with Crippen LogP contribution in [0.5, 0.6) is 11.5 Å². The average molecular weight is 278 g/mol. The zero-order valence-corrected chi connectivity index (χ0v) is 12.1. The Balaban J connectivity index is 1.98. The standard InChI is InChI=1S/C15H22N2O3/c1-19-12-6-5-11(9-13(12)20-2)10-17-14(18)15(16)7-3-4-8-15/h5-6,9H,3-4,7-8,10,16H2,1-2H3,(H,17,18). The Bertz CT molecular complexity index is 482. The number of hydrogen-bond acceptors (Lipinski definition) is 4. The van der Waals surface area contributed by atoms with Gasteiger partial charge in [-0.15, -0.1) is 0 Å². The van der Waals surface area contributed by atoms with Crippen molar-refractivity contribution in [3.05, 3.63) is 23.8 Å². The van der Waals surface area contributed by atoms with E-state index in [4.69, 9.17) is 15.2 Å². The van der Waals surface area contributed by atoms with E-state index in [2.05, 4.69) is 5.32 Å². The zero-order chi connectivity index (χ0) is 14.6. The lowest BCUT2D eigenvalue weighted by molar-refractivity contribution is -0.126. The van der Waals surface area contributed by atoms with Crippen molar-refractivity contribution >= 4 is 5.91 Å². The second kappa shape index (κ2) is 6.13. The molecule has 1 aromatic carbocycles. The maximum atomic E-state index is 12.1. The first-order chi connectivity index (χ1) is 9.59. The van der Waals surface area contributed by atoms with Crippen LogP contribution in [0.25, 0.3) is 0 Å². The van der Waals surface area contributed by atoms with Gasteiger partial charge in [-0.25, -0.2) is 0 Å². The Hall–Kier alpha value is -1.75. The van der Waals surface area contributed by atoms with Crippen LogP contribution in [0, 0.1) is 0 Å². The molecule has 0 bridgehead atoms. The summed E-state index contributed by atoms with van der Waals surface area (Å²) >= 11 is 0. The van der Waals surface area contributed by atoms with Crippen LogP contribution in [0.2, 0.25) is 0 Å². The molecular formula is C15H22N2O3. The molecule has 0 spiro atoms. The minimum Gasteiger partial charge on any atom is -0.493 e. The summed E-state index contributed by atoms with van der Waals surface area (Å²) in [5.41, 5.74) is 6.38. The molecule has 0 heterocycles. The summed E-state index contributed by atoms with van der Waals surface area (Å²) < 4.78 is 10.4. The predicted molar refractivity (Wildman–Crippen MR) is 76.8 cm³/mol.